The van der Waals surface area contributed by atoms with Crippen LogP contribution in [0.25, 0.3) is 0 Å². The molecule has 0 rings (SSSR count). The largest absolute Gasteiger partial charge is 0.481 e. The van der Waals surface area contributed by atoms with Crippen LogP contribution in [-0.4, -0.2) is 41.9 Å². The van der Waals surface area contributed by atoms with Crippen molar-refractivity contribution in [2.24, 2.45) is 5.92 Å². The number of nitrogens with one attached hydrogen (secondary N) is 1. The Morgan fingerprint density at radius 3 is 2.06 bits per heavy atom. The third kappa shape index (κ3) is 5.51. The van der Waals surface area contributed by atoms with E-state index >= 15 is 0 Å². The standard InChI is InChI=1S/C11H19NO6/c1-6(8(13)14)7(9(15)17-5)12-10(16)18-11(2,3)4/h6-7H,1-5H3,(H,12,16)(H,13,14)/t6-,7+/m0/s1. The Kier molecular flexibility index (Phi) is 5.61. The summed E-state index contributed by atoms with van der Waals surface area (Å²) in [5.74, 6) is -3.18. The van der Waals surface area contributed by atoms with E-state index in [4.69, 9.17) is 9.84 Å². The van der Waals surface area contributed by atoms with Gasteiger partial charge in [-0.15, -0.1) is 0 Å². The molecule has 18 heavy (non-hydrogen) atoms. The minimum absolute atomic E-state index is 0.739. The van der Waals surface area contributed by atoms with Crippen LogP contribution in [0.3, 0.4) is 0 Å². The van der Waals surface area contributed by atoms with Crippen molar-refractivity contribution in [3.63, 3.8) is 0 Å². The summed E-state index contributed by atoms with van der Waals surface area (Å²) in [6.07, 6.45) is -0.869. The Morgan fingerprint density at radius 2 is 1.72 bits per heavy atom. The molecule has 0 bridgehead atoms. The fourth-order valence-electron chi connectivity index (χ4n) is 1.09. The smallest absolute Gasteiger partial charge is 0.408 e. The van der Waals surface area contributed by atoms with Gasteiger partial charge in [0.1, 0.15) is 11.6 Å². The average Bonchev–Trinajstić information content (AvgIpc) is 2.21. The van der Waals surface area contributed by atoms with E-state index in [-0.39, 0.29) is 0 Å². The molecular weight excluding hydrogens is 242 g/mol. The van der Waals surface area contributed by atoms with Gasteiger partial charge in [-0.25, -0.2) is 9.59 Å². The highest BCUT2D eigenvalue weighted by molar-refractivity contribution is 5.87. The SMILES string of the molecule is COC(=O)[C@H](NC(=O)OC(C)(C)C)[C@H](C)C(=O)O. The molecule has 0 saturated carbocycles. The molecule has 0 aliphatic heterocycles. The summed E-state index contributed by atoms with van der Waals surface area (Å²) < 4.78 is 9.38. The van der Waals surface area contributed by atoms with Gasteiger partial charge in [-0.1, -0.05) is 0 Å². The number of amides is 1. The summed E-state index contributed by atoms with van der Waals surface area (Å²) in [5, 5.41) is 11.0. The second kappa shape index (κ2) is 6.23. The number of rotatable bonds is 4. The van der Waals surface area contributed by atoms with Gasteiger partial charge in [0, 0.05) is 0 Å². The van der Waals surface area contributed by atoms with Crippen LogP contribution < -0.4 is 5.32 Å². The van der Waals surface area contributed by atoms with Gasteiger partial charge in [-0.2, -0.15) is 0 Å². The summed E-state index contributed by atoms with van der Waals surface area (Å²) in [6.45, 7) is 6.25. The molecule has 0 aliphatic rings. The number of hydrogen-bond acceptors (Lipinski definition) is 5. The highest BCUT2D eigenvalue weighted by Gasteiger charge is 2.33. The van der Waals surface area contributed by atoms with Gasteiger partial charge in [0.25, 0.3) is 0 Å². The van der Waals surface area contributed by atoms with E-state index < -0.39 is 35.6 Å². The molecule has 0 aromatic carbocycles. The Bertz CT molecular complexity index is 333. The zero-order chi connectivity index (χ0) is 14.5. The molecule has 2 atom stereocenters. The van der Waals surface area contributed by atoms with Crippen molar-refractivity contribution < 1.29 is 29.0 Å². The van der Waals surface area contributed by atoms with Crippen molar-refractivity contribution in [1.82, 2.24) is 5.32 Å². The van der Waals surface area contributed by atoms with E-state index in [1.807, 2.05) is 0 Å². The van der Waals surface area contributed by atoms with Crippen LogP contribution in [0.4, 0.5) is 4.79 Å². The predicted octanol–water partition coefficient (Wildman–Crippen LogP) is 0.773. The van der Waals surface area contributed by atoms with E-state index in [2.05, 4.69) is 10.1 Å². The monoisotopic (exact) mass is 261 g/mol. The van der Waals surface area contributed by atoms with Gasteiger partial charge in [0.05, 0.1) is 13.0 Å². The summed E-state index contributed by atoms with van der Waals surface area (Å²) in [6, 6.07) is -1.29. The Hall–Kier alpha value is -1.79. The third-order valence-electron chi connectivity index (χ3n) is 2.02. The maximum absolute atomic E-state index is 11.5. The number of aliphatic carboxylic acids is 1. The van der Waals surface area contributed by atoms with Crippen LogP contribution >= 0.6 is 0 Å². The first-order valence-corrected chi connectivity index (χ1v) is 5.38. The second-order valence-corrected chi connectivity index (χ2v) is 4.77. The van der Waals surface area contributed by atoms with Crippen LogP contribution in [0, 0.1) is 5.92 Å². The number of carboxylic acids is 1. The number of esters is 1. The lowest BCUT2D eigenvalue weighted by atomic mass is 10.0. The number of carbonyl (C=O) groups is 3. The fourth-order valence-corrected chi connectivity index (χ4v) is 1.09. The average molecular weight is 261 g/mol. The first kappa shape index (κ1) is 16.2. The van der Waals surface area contributed by atoms with E-state index in [0.29, 0.717) is 0 Å². The van der Waals surface area contributed by atoms with Crippen molar-refractivity contribution >= 4 is 18.0 Å². The van der Waals surface area contributed by atoms with Crippen LogP contribution in [0.2, 0.25) is 0 Å². The molecule has 1 amide bonds. The van der Waals surface area contributed by atoms with Crippen LogP contribution in [0.1, 0.15) is 27.7 Å². The maximum Gasteiger partial charge on any atom is 0.408 e. The van der Waals surface area contributed by atoms with E-state index in [1.54, 1.807) is 20.8 Å². The van der Waals surface area contributed by atoms with Gasteiger partial charge >= 0.3 is 18.0 Å². The van der Waals surface area contributed by atoms with Crippen molar-refractivity contribution in [2.75, 3.05) is 7.11 Å². The topological polar surface area (TPSA) is 102 Å². The van der Waals surface area contributed by atoms with Crippen LogP contribution in [0.15, 0.2) is 0 Å². The highest BCUT2D eigenvalue weighted by Crippen LogP contribution is 2.10. The fraction of sp³-hybridized carbons (Fsp3) is 0.727. The molecule has 0 aromatic heterocycles. The number of carboxylic acid groups (broad SMARTS) is 1. The lowest BCUT2D eigenvalue weighted by molar-refractivity contribution is -0.152. The normalized spacial score (nSPS) is 14.3. The van der Waals surface area contributed by atoms with Crippen molar-refractivity contribution in [1.29, 1.82) is 0 Å². The zero-order valence-corrected chi connectivity index (χ0v) is 11.1. The van der Waals surface area contributed by atoms with Crippen LogP contribution in [-0.2, 0) is 19.1 Å². The Morgan fingerprint density at radius 1 is 1.22 bits per heavy atom. The summed E-state index contributed by atoms with van der Waals surface area (Å²) >= 11 is 0. The van der Waals surface area contributed by atoms with Crippen LogP contribution in [0.5, 0.6) is 0 Å². The highest BCUT2D eigenvalue weighted by atomic mass is 16.6. The van der Waals surface area contributed by atoms with Crippen molar-refractivity contribution in [3.8, 4) is 0 Å². The molecule has 7 nitrogen and oxygen atoms in total. The minimum Gasteiger partial charge on any atom is -0.481 e. The number of carbonyl (C=O) groups excluding carboxylic acids is 2. The van der Waals surface area contributed by atoms with Crippen molar-refractivity contribution in [2.45, 2.75) is 39.3 Å². The van der Waals surface area contributed by atoms with Gasteiger partial charge in [0.2, 0.25) is 0 Å². The molecule has 0 aliphatic carbocycles. The first-order chi connectivity index (χ1) is 8.08. The van der Waals surface area contributed by atoms with Gasteiger partial charge in [-0.05, 0) is 27.7 Å². The van der Waals surface area contributed by atoms with Crippen molar-refractivity contribution in [3.05, 3.63) is 0 Å². The zero-order valence-electron chi connectivity index (χ0n) is 11.1. The molecule has 7 heteroatoms. The third-order valence-corrected chi connectivity index (χ3v) is 2.02. The minimum atomic E-state index is -1.29. The number of methoxy groups -OCH3 is 1. The van der Waals surface area contributed by atoms with E-state index in [0.717, 1.165) is 7.11 Å². The lowest BCUT2D eigenvalue weighted by Gasteiger charge is -2.24. The molecule has 0 heterocycles. The molecule has 0 aromatic rings. The number of alkyl carbamates (subject to hydrolysis) is 1. The molecule has 0 spiro atoms. The molecular formula is C11H19NO6. The quantitative estimate of drug-likeness (QED) is 0.725. The second-order valence-electron chi connectivity index (χ2n) is 4.77. The van der Waals surface area contributed by atoms with E-state index in [9.17, 15) is 14.4 Å². The Balaban J connectivity index is 4.76. The predicted molar refractivity (Wildman–Crippen MR) is 62.0 cm³/mol. The first-order valence-electron chi connectivity index (χ1n) is 5.38. The molecule has 2 N–H and O–H groups in total. The Labute approximate surface area is 105 Å². The number of ether oxygens (including phenoxy) is 2. The van der Waals surface area contributed by atoms with Gasteiger partial charge in [0.15, 0.2) is 0 Å². The molecule has 0 saturated heterocycles. The molecule has 0 radical (unpaired) electrons. The lowest BCUT2D eigenvalue weighted by Crippen LogP contribution is -2.49. The molecule has 104 valence electrons. The summed E-state index contributed by atoms with van der Waals surface area (Å²) in [7, 11) is 1.11. The molecule has 0 unspecified atom stereocenters. The summed E-state index contributed by atoms with van der Waals surface area (Å²) in [4.78, 5) is 33.7. The summed E-state index contributed by atoms with van der Waals surface area (Å²) in [5.41, 5.74) is -0.739. The number of hydrogen-bond donors (Lipinski definition) is 2. The molecule has 0 fully saturated rings. The van der Waals surface area contributed by atoms with Gasteiger partial charge < -0.3 is 19.9 Å². The van der Waals surface area contributed by atoms with E-state index in [1.165, 1.54) is 6.92 Å². The van der Waals surface area contributed by atoms with Gasteiger partial charge in [-0.3, -0.25) is 4.79 Å². The maximum atomic E-state index is 11.5.